The molecule has 3 heterocycles. The molecule has 5 N–H and O–H groups in total. The van der Waals surface area contributed by atoms with E-state index in [0.717, 1.165) is 42.9 Å². The van der Waals surface area contributed by atoms with E-state index >= 15 is 0 Å². The number of aromatic nitrogens is 4. The van der Waals surface area contributed by atoms with Crippen molar-refractivity contribution in [3.8, 4) is 0 Å². The third kappa shape index (κ3) is 6.21. The molecule has 11 nitrogen and oxygen atoms in total. The lowest BCUT2D eigenvalue weighted by molar-refractivity contribution is -0.137. The van der Waals surface area contributed by atoms with Crippen LogP contribution in [0.5, 0.6) is 0 Å². The smallest absolute Gasteiger partial charge is 0.352 e. The van der Waals surface area contributed by atoms with Crippen molar-refractivity contribution in [2.75, 3.05) is 48.8 Å². The van der Waals surface area contributed by atoms with Gasteiger partial charge in [0.2, 0.25) is 16.0 Å². The maximum atomic E-state index is 13.8. The molecule has 0 bridgehead atoms. The molecule has 0 saturated carbocycles. The number of fused-ring (bicyclic) bond motifs is 1. The highest BCUT2D eigenvalue weighted by molar-refractivity contribution is 7.88. The molecule has 0 aliphatic carbocycles. The lowest BCUT2D eigenvalue weighted by atomic mass is 10.2. The Labute approximate surface area is 222 Å². The van der Waals surface area contributed by atoms with Crippen molar-refractivity contribution in [2.24, 2.45) is 5.14 Å². The molecule has 2 aromatic carbocycles. The van der Waals surface area contributed by atoms with Crippen molar-refractivity contribution in [2.45, 2.75) is 11.9 Å². The summed E-state index contributed by atoms with van der Waals surface area (Å²) in [5, 5.41) is 19.1. The van der Waals surface area contributed by atoms with Crippen LogP contribution in [0.25, 0.3) is 10.9 Å². The molecule has 4 aromatic rings. The second-order valence-corrected chi connectivity index (χ2v) is 10.9. The van der Waals surface area contributed by atoms with Crippen LogP contribution >= 0.6 is 0 Å². The first-order chi connectivity index (χ1) is 18.5. The number of aromatic amines is 1. The van der Waals surface area contributed by atoms with Crippen LogP contribution in [0.1, 0.15) is 11.1 Å². The average Bonchev–Trinajstić information content (AvgIpc) is 3.27. The van der Waals surface area contributed by atoms with Gasteiger partial charge in [0.05, 0.1) is 11.3 Å². The quantitative estimate of drug-likeness (QED) is 0.267. The largest absolute Gasteiger partial charge is 0.421 e. The van der Waals surface area contributed by atoms with Crippen molar-refractivity contribution in [1.29, 1.82) is 0 Å². The molecule has 2 aromatic heterocycles. The van der Waals surface area contributed by atoms with Gasteiger partial charge in [-0.3, -0.25) is 5.10 Å². The number of benzene rings is 2. The molecule has 0 radical (unpaired) electrons. The summed E-state index contributed by atoms with van der Waals surface area (Å²) in [5.41, 5.74) is 0.492. The molecule has 0 atom stereocenters. The van der Waals surface area contributed by atoms with E-state index in [0.29, 0.717) is 11.9 Å². The zero-order chi connectivity index (χ0) is 27.8. The van der Waals surface area contributed by atoms with Crippen LogP contribution in [0.3, 0.4) is 0 Å². The number of piperazine rings is 1. The predicted octanol–water partition coefficient (Wildman–Crippen LogP) is 3.40. The first-order valence-electron chi connectivity index (χ1n) is 11.9. The van der Waals surface area contributed by atoms with E-state index < -0.39 is 33.3 Å². The SMILES string of the molecule is CN1CCN(c2n[nH]c3cc(Nc4ncc(C(F)(F)F)c(Nc5ccccc5CS(N)(=O)=O)n4)ccc23)CC1. The van der Waals surface area contributed by atoms with Crippen molar-refractivity contribution >= 4 is 49.9 Å². The van der Waals surface area contributed by atoms with Gasteiger partial charge in [-0.1, -0.05) is 18.2 Å². The number of sulfonamides is 1. The Bertz CT molecular complexity index is 1600. The maximum absolute atomic E-state index is 13.8. The third-order valence-electron chi connectivity index (χ3n) is 6.32. The van der Waals surface area contributed by atoms with Crippen molar-refractivity contribution in [3.05, 3.63) is 59.8 Å². The number of para-hydroxylation sites is 1. The molecule has 0 unspecified atom stereocenters. The second kappa shape index (κ2) is 10.3. The van der Waals surface area contributed by atoms with Crippen LogP contribution in [-0.4, -0.2) is 66.7 Å². The number of alkyl halides is 3. The van der Waals surface area contributed by atoms with E-state index in [4.69, 9.17) is 5.14 Å². The Kier molecular flexibility index (Phi) is 7.05. The number of rotatable bonds is 7. The summed E-state index contributed by atoms with van der Waals surface area (Å²) in [6, 6.07) is 11.4. The Morgan fingerprint density at radius 3 is 2.54 bits per heavy atom. The van der Waals surface area contributed by atoms with Gasteiger partial charge in [0.25, 0.3) is 0 Å². The molecule has 1 aliphatic heterocycles. The summed E-state index contributed by atoms with van der Waals surface area (Å²) < 4.78 is 64.5. The molecule has 1 aliphatic rings. The summed E-state index contributed by atoms with van der Waals surface area (Å²) in [5.74, 6) is -0.344. The zero-order valence-corrected chi connectivity index (χ0v) is 21.6. The topological polar surface area (TPSA) is 145 Å². The predicted molar refractivity (Wildman–Crippen MR) is 143 cm³/mol. The molecular formula is C24H26F3N9O2S. The number of anilines is 5. The van der Waals surface area contributed by atoms with Gasteiger partial charge in [-0.25, -0.2) is 18.5 Å². The number of primary sulfonamides is 1. The maximum Gasteiger partial charge on any atom is 0.421 e. The van der Waals surface area contributed by atoms with Crippen LogP contribution in [0.2, 0.25) is 0 Å². The Morgan fingerprint density at radius 1 is 1.08 bits per heavy atom. The van der Waals surface area contributed by atoms with Crippen LogP contribution in [0.4, 0.5) is 42.1 Å². The van der Waals surface area contributed by atoms with E-state index in [-0.39, 0.29) is 17.2 Å². The molecular weight excluding hydrogens is 535 g/mol. The van der Waals surface area contributed by atoms with E-state index in [1.54, 1.807) is 24.3 Å². The average molecular weight is 562 g/mol. The molecule has 1 saturated heterocycles. The Hall–Kier alpha value is -3.95. The molecule has 0 spiro atoms. The third-order valence-corrected chi connectivity index (χ3v) is 7.04. The number of hydrogen-bond acceptors (Lipinski definition) is 9. The summed E-state index contributed by atoms with van der Waals surface area (Å²) in [6.45, 7) is 3.57. The number of halogens is 3. The summed E-state index contributed by atoms with van der Waals surface area (Å²) in [6.07, 6.45) is -4.09. The fraction of sp³-hybridized carbons (Fsp3) is 0.292. The Balaban J connectivity index is 1.42. The number of nitrogens with one attached hydrogen (secondary N) is 3. The van der Waals surface area contributed by atoms with Gasteiger partial charge in [0.15, 0.2) is 5.82 Å². The van der Waals surface area contributed by atoms with Gasteiger partial charge in [0.1, 0.15) is 11.4 Å². The van der Waals surface area contributed by atoms with Crippen LogP contribution in [-0.2, 0) is 22.0 Å². The summed E-state index contributed by atoms with van der Waals surface area (Å²) >= 11 is 0. The van der Waals surface area contributed by atoms with Gasteiger partial charge in [-0.2, -0.15) is 23.3 Å². The van der Waals surface area contributed by atoms with Gasteiger partial charge in [-0.05, 0) is 36.9 Å². The van der Waals surface area contributed by atoms with E-state index in [1.807, 2.05) is 6.07 Å². The number of nitrogens with two attached hydrogens (primary N) is 1. The molecule has 1 fully saturated rings. The number of nitrogens with zero attached hydrogens (tertiary/aromatic N) is 5. The van der Waals surface area contributed by atoms with Gasteiger partial charge in [-0.15, -0.1) is 0 Å². The van der Waals surface area contributed by atoms with E-state index in [1.165, 1.54) is 12.1 Å². The van der Waals surface area contributed by atoms with Crippen LogP contribution in [0, 0.1) is 0 Å². The fourth-order valence-electron chi connectivity index (χ4n) is 4.33. The number of likely N-dealkylation sites (N-methyl/N-ethyl adjacent to an activating group) is 1. The molecule has 0 amide bonds. The standard InChI is InChI=1S/C24H26F3N9O2S/c1-35-8-10-36(11-9-35)22-17-7-6-16(12-20(17)33-34-22)30-23-29-13-18(24(25,26)27)21(32-23)31-19-5-3-2-4-15(19)14-39(28,37)38/h2-7,12-13H,8-11,14H2,1H3,(H,33,34)(H2,28,37,38)(H2,29,30,31,32). The van der Waals surface area contributed by atoms with Crippen molar-refractivity contribution in [3.63, 3.8) is 0 Å². The highest BCUT2D eigenvalue weighted by atomic mass is 32.2. The lowest BCUT2D eigenvalue weighted by Gasteiger charge is -2.32. The fourth-order valence-corrected chi connectivity index (χ4v) is 5.01. The van der Waals surface area contributed by atoms with Crippen LogP contribution < -0.4 is 20.7 Å². The first kappa shape index (κ1) is 26.6. The molecule has 15 heteroatoms. The van der Waals surface area contributed by atoms with E-state index in [9.17, 15) is 21.6 Å². The Morgan fingerprint density at radius 2 is 1.82 bits per heavy atom. The normalized spacial score (nSPS) is 15.1. The second-order valence-electron chi connectivity index (χ2n) is 9.27. The number of hydrogen-bond donors (Lipinski definition) is 4. The minimum Gasteiger partial charge on any atom is -0.352 e. The summed E-state index contributed by atoms with van der Waals surface area (Å²) in [7, 11) is -1.85. The lowest BCUT2D eigenvalue weighted by Crippen LogP contribution is -2.44. The first-order valence-corrected chi connectivity index (χ1v) is 13.7. The van der Waals surface area contributed by atoms with Crippen molar-refractivity contribution in [1.82, 2.24) is 25.1 Å². The highest BCUT2D eigenvalue weighted by Crippen LogP contribution is 2.36. The molecule has 39 heavy (non-hydrogen) atoms. The summed E-state index contributed by atoms with van der Waals surface area (Å²) in [4.78, 5) is 12.4. The number of H-pyrrole nitrogens is 1. The minimum absolute atomic E-state index is 0.0902. The van der Waals surface area contributed by atoms with Crippen LogP contribution in [0.15, 0.2) is 48.7 Å². The van der Waals surface area contributed by atoms with Gasteiger partial charge in [0, 0.05) is 49.1 Å². The minimum atomic E-state index is -4.76. The van der Waals surface area contributed by atoms with Gasteiger partial charge < -0.3 is 20.4 Å². The highest BCUT2D eigenvalue weighted by Gasteiger charge is 2.35. The zero-order valence-electron chi connectivity index (χ0n) is 20.8. The van der Waals surface area contributed by atoms with E-state index in [2.05, 4.69) is 47.6 Å². The molecule has 206 valence electrons. The monoisotopic (exact) mass is 561 g/mol. The van der Waals surface area contributed by atoms with Crippen molar-refractivity contribution < 1.29 is 21.6 Å². The van der Waals surface area contributed by atoms with Gasteiger partial charge >= 0.3 is 6.18 Å². The molecule has 5 rings (SSSR count).